The lowest BCUT2D eigenvalue weighted by Crippen LogP contribution is -2.24. The molecule has 108 valence electrons. The Morgan fingerprint density at radius 1 is 1.05 bits per heavy atom. The molecule has 2 aromatic carbocycles. The summed E-state index contributed by atoms with van der Waals surface area (Å²) < 4.78 is 5.78. The number of carbonyl (C=O) groups excluding carboxylic acids is 1. The lowest BCUT2D eigenvalue weighted by Gasteiger charge is -2.16. The van der Waals surface area contributed by atoms with Gasteiger partial charge in [-0.05, 0) is 43.3 Å². The minimum absolute atomic E-state index is 0.126. The molecule has 0 spiro atoms. The predicted octanol–water partition coefficient (Wildman–Crippen LogP) is 3.82. The van der Waals surface area contributed by atoms with Gasteiger partial charge in [-0.1, -0.05) is 17.7 Å². The zero-order valence-corrected chi connectivity index (χ0v) is 12.7. The van der Waals surface area contributed by atoms with Crippen LogP contribution in [-0.4, -0.2) is 17.7 Å². The van der Waals surface area contributed by atoms with Crippen LogP contribution in [0.25, 0.3) is 0 Å². The quantitative estimate of drug-likeness (QED) is 0.873. The number of benzene rings is 2. The molecule has 1 unspecified atom stereocenters. The highest BCUT2D eigenvalue weighted by atomic mass is 32.1. The third-order valence-electron chi connectivity index (χ3n) is 3.51. The molecule has 0 saturated carbocycles. The third kappa shape index (κ3) is 3.22. The molecule has 0 radical (unpaired) electrons. The monoisotopic (exact) mass is 299 g/mol. The van der Waals surface area contributed by atoms with E-state index in [2.05, 4.69) is 12.6 Å². The number of nitrogens with zero attached hydrogens (tertiary/aromatic N) is 1. The first-order chi connectivity index (χ1) is 10.1. The summed E-state index contributed by atoms with van der Waals surface area (Å²) in [5.74, 6) is 1.69. The largest absolute Gasteiger partial charge is 0.457 e. The second-order valence-electron chi connectivity index (χ2n) is 5.27. The molecule has 1 fully saturated rings. The number of anilines is 1. The molecule has 0 aliphatic carbocycles. The van der Waals surface area contributed by atoms with Crippen molar-refractivity contribution in [2.75, 3.05) is 11.4 Å². The molecular formula is C17H17NO2S. The van der Waals surface area contributed by atoms with Gasteiger partial charge >= 0.3 is 0 Å². The van der Waals surface area contributed by atoms with Crippen LogP contribution in [0.4, 0.5) is 5.69 Å². The van der Waals surface area contributed by atoms with Gasteiger partial charge in [-0.2, -0.15) is 12.6 Å². The fourth-order valence-corrected chi connectivity index (χ4v) is 2.69. The molecule has 3 nitrogen and oxygen atoms in total. The van der Waals surface area contributed by atoms with Gasteiger partial charge in [0.1, 0.15) is 11.5 Å². The maximum atomic E-state index is 11.8. The van der Waals surface area contributed by atoms with Gasteiger partial charge in [-0.3, -0.25) is 4.79 Å². The highest BCUT2D eigenvalue weighted by Gasteiger charge is 2.28. The Hall–Kier alpha value is -1.94. The van der Waals surface area contributed by atoms with E-state index in [0.717, 1.165) is 17.2 Å². The summed E-state index contributed by atoms with van der Waals surface area (Å²) in [7, 11) is 0. The van der Waals surface area contributed by atoms with Crippen LogP contribution < -0.4 is 9.64 Å². The molecule has 2 aromatic rings. The maximum Gasteiger partial charge on any atom is 0.228 e. The molecule has 1 aliphatic heterocycles. The number of aryl methyl sites for hydroxylation is 1. The summed E-state index contributed by atoms with van der Waals surface area (Å²) in [6, 6.07) is 15.5. The van der Waals surface area contributed by atoms with Crippen molar-refractivity contribution in [1.29, 1.82) is 0 Å². The average Bonchev–Trinajstić information content (AvgIpc) is 2.81. The summed E-state index contributed by atoms with van der Waals surface area (Å²) in [6.45, 7) is 2.71. The number of hydrogen-bond acceptors (Lipinski definition) is 3. The Kier molecular flexibility index (Phi) is 3.88. The Morgan fingerprint density at radius 2 is 1.62 bits per heavy atom. The van der Waals surface area contributed by atoms with Gasteiger partial charge in [-0.15, -0.1) is 0 Å². The van der Waals surface area contributed by atoms with Gasteiger partial charge in [0, 0.05) is 23.9 Å². The number of ether oxygens (including phenoxy) is 1. The van der Waals surface area contributed by atoms with Crippen molar-refractivity contribution in [2.24, 2.45) is 0 Å². The van der Waals surface area contributed by atoms with E-state index in [4.69, 9.17) is 4.74 Å². The predicted molar refractivity (Wildman–Crippen MR) is 87.4 cm³/mol. The van der Waals surface area contributed by atoms with Crippen molar-refractivity contribution in [3.05, 3.63) is 54.1 Å². The van der Waals surface area contributed by atoms with Gasteiger partial charge in [0.25, 0.3) is 0 Å². The van der Waals surface area contributed by atoms with Crippen LogP contribution in [-0.2, 0) is 4.79 Å². The molecule has 1 aliphatic rings. The zero-order chi connectivity index (χ0) is 14.8. The Morgan fingerprint density at radius 3 is 2.14 bits per heavy atom. The number of amides is 1. The Balaban J connectivity index is 1.72. The number of carbonyl (C=O) groups is 1. The smallest absolute Gasteiger partial charge is 0.228 e. The first-order valence-corrected chi connectivity index (χ1v) is 7.46. The molecule has 1 atom stereocenters. The van der Waals surface area contributed by atoms with Crippen LogP contribution in [0.3, 0.4) is 0 Å². The molecular weight excluding hydrogens is 282 g/mol. The molecule has 1 saturated heterocycles. The van der Waals surface area contributed by atoms with Gasteiger partial charge in [0.05, 0.1) is 0 Å². The van der Waals surface area contributed by atoms with E-state index in [-0.39, 0.29) is 11.2 Å². The molecule has 0 bridgehead atoms. The van der Waals surface area contributed by atoms with Crippen LogP contribution in [0, 0.1) is 6.92 Å². The SMILES string of the molecule is Cc1ccc(Oc2ccc(N3CC(S)CC3=O)cc2)cc1. The van der Waals surface area contributed by atoms with Crippen molar-refractivity contribution in [2.45, 2.75) is 18.6 Å². The van der Waals surface area contributed by atoms with Crippen molar-refractivity contribution in [1.82, 2.24) is 0 Å². The van der Waals surface area contributed by atoms with Crippen molar-refractivity contribution < 1.29 is 9.53 Å². The molecule has 1 amide bonds. The normalized spacial score (nSPS) is 18.1. The van der Waals surface area contributed by atoms with Gasteiger partial charge in [0.2, 0.25) is 5.91 Å². The van der Waals surface area contributed by atoms with Crippen molar-refractivity contribution in [3.8, 4) is 11.5 Å². The lowest BCUT2D eigenvalue weighted by molar-refractivity contribution is -0.117. The fraction of sp³-hybridized carbons (Fsp3) is 0.235. The highest BCUT2D eigenvalue weighted by Crippen LogP contribution is 2.28. The van der Waals surface area contributed by atoms with Gasteiger partial charge in [0.15, 0.2) is 0 Å². The first-order valence-electron chi connectivity index (χ1n) is 6.95. The minimum atomic E-state index is 0.126. The highest BCUT2D eigenvalue weighted by molar-refractivity contribution is 7.81. The van der Waals surface area contributed by atoms with E-state index in [1.54, 1.807) is 4.90 Å². The lowest BCUT2D eigenvalue weighted by atomic mass is 10.2. The van der Waals surface area contributed by atoms with Crippen LogP contribution in [0.2, 0.25) is 0 Å². The van der Waals surface area contributed by atoms with E-state index in [1.165, 1.54) is 5.56 Å². The molecule has 0 N–H and O–H groups in total. The summed E-state index contributed by atoms with van der Waals surface area (Å²) in [6.07, 6.45) is 0.505. The zero-order valence-electron chi connectivity index (χ0n) is 11.8. The number of rotatable bonds is 3. The Labute approximate surface area is 129 Å². The van der Waals surface area contributed by atoms with E-state index in [9.17, 15) is 4.79 Å². The molecule has 4 heteroatoms. The fourth-order valence-electron chi connectivity index (χ4n) is 2.37. The standard InChI is InChI=1S/C17H17NO2S/c1-12-2-6-14(7-3-12)20-15-8-4-13(5-9-15)18-11-16(21)10-17(18)19/h2-9,16,21H,10-11H2,1H3. The topological polar surface area (TPSA) is 29.5 Å². The average molecular weight is 299 g/mol. The maximum absolute atomic E-state index is 11.8. The molecule has 0 aromatic heterocycles. The van der Waals surface area contributed by atoms with Crippen LogP contribution in [0.1, 0.15) is 12.0 Å². The first kappa shape index (κ1) is 14.0. The van der Waals surface area contributed by atoms with E-state index in [0.29, 0.717) is 13.0 Å². The van der Waals surface area contributed by atoms with Crippen molar-refractivity contribution in [3.63, 3.8) is 0 Å². The molecule has 1 heterocycles. The summed E-state index contributed by atoms with van der Waals surface area (Å²) in [5.41, 5.74) is 2.10. The second-order valence-corrected chi connectivity index (χ2v) is 6.00. The number of thiol groups is 1. The van der Waals surface area contributed by atoms with E-state index < -0.39 is 0 Å². The van der Waals surface area contributed by atoms with Crippen LogP contribution in [0.5, 0.6) is 11.5 Å². The van der Waals surface area contributed by atoms with Crippen LogP contribution in [0.15, 0.2) is 48.5 Å². The summed E-state index contributed by atoms with van der Waals surface area (Å²) in [5, 5.41) is 0.126. The summed E-state index contributed by atoms with van der Waals surface area (Å²) in [4.78, 5) is 13.6. The Bertz CT molecular complexity index is 637. The van der Waals surface area contributed by atoms with Crippen molar-refractivity contribution >= 4 is 24.2 Å². The third-order valence-corrected chi connectivity index (χ3v) is 3.86. The molecule has 21 heavy (non-hydrogen) atoms. The van der Waals surface area contributed by atoms with E-state index in [1.807, 2.05) is 55.5 Å². The summed E-state index contributed by atoms with van der Waals surface area (Å²) >= 11 is 4.37. The minimum Gasteiger partial charge on any atom is -0.457 e. The van der Waals surface area contributed by atoms with Gasteiger partial charge < -0.3 is 9.64 Å². The van der Waals surface area contributed by atoms with Crippen LogP contribution >= 0.6 is 12.6 Å². The number of hydrogen-bond donors (Lipinski definition) is 1. The van der Waals surface area contributed by atoms with Gasteiger partial charge in [-0.25, -0.2) is 0 Å². The van der Waals surface area contributed by atoms with E-state index >= 15 is 0 Å². The molecule has 3 rings (SSSR count). The second kappa shape index (κ2) is 5.82.